The van der Waals surface area contributed by atoms with Gasteiger partial charge in [0.15, 0.2) is 17.0 Å². The van der Waals surface area contributed by atoms with E-state index in [4.69, 9.17) is 30.4 Å². The minimum Gasteiger partial charge on any atom is -0.463 e. The third kappa shape index (κ3) is 10.1. The summed E-state index contributed by atoms with van der Waals surface area (Å²) in [7, 11) is 2.12. The number of aromatic nitrogens is 2. The van der Waals surface area contributed by atoms with Crippen LogP contribution in [0.2, 0.25) is 0 Å². The number of halogens is 1. The molecule has 5 atom stereocenters. The molecule has 1 aliphatic rings. The van der Waals surface area contributed by atoms with Crippen LogP contribution in [0.5, 0.6) is 0 Å². The molecule has 1 aromatic rings. The van der Waals surface area contributed by atoms with Crippen molar-refractivity contribution in [3.8, 4) is 0 Å². The number of hydrogen-bond acceptors (Lipinski definition) is 9. The van der Waals surface area contributed by atoms with Crippen LogP contribution in [0, 0.1) is 10.8 Å². The summed E-state index contributed by atoms with van der Waals surface area (Å²) in [4.78, 5) is 34.3. The third-order valence-corrected chi connectivity index (χ3v) is 4.67. The number of esters is 1. The number of rotatable bonds is 6. The van der Waals surface area contributed by atoms with Gasteiger partial charge >= 0.3 is 11.7 Å². The normalized spacial score (nSPS) is 23.1. The van der Waals surface area contributed by atoms with E-state index < -0.39 is 17.3 Å². The summed E-state index contributed by atoms with van der Waals surface area (Å²) in [5.41, 5.74) is 4.78. The Bertz CT molecular complexity index is 748. The van der Waals surface area contributed by atoms with Crippen LogP contribution < -0.4 is 11.4 Å². The molecule has 178 valence electrons. The van der Waals surface area contributed by atoms with Crippen LogP contribution in [0.25, 0.3) is 0 Å². The van der Waals surface area contributed by atoms with Crippen molar-refractivity contribution in [1.82, 2.24) is 9.55 Å². The topological polar surface area (TPSA) is 166 Å². The maximum atomic E-state index is 14.3. The van der Waals surface area contributed by atoms with E-state index in [0.717, 1.165) is 4.57 Å². The minimum absolute atomic E-state index is 0.0361. The molecule has 0 spiro atoms. The Balaban J connectivity index is 0.000000557. The van der Waals surface area contributed by atoms with Crippen LogP contribution in [0.15, 0.2) is 22.4 Å². The molecular formula is C18H32FN4O7P. The molecule has 11 nitrogen and oxygen atoms in total. The summed E-state index contributed by atoms with van der Waals surface area (Å²) in [6.45, 7) is 7.32. The maximum absolute atomic E-state index is 14.3. The summed E-state index contributed by atoms with van der Waals surface area (Å²) < 4.78 is 25.9. The van der Waals surface area contributed by atoms with Gasteiger partial charge in [0.1, 0.15) is 5.82 Å². The average molecular weight is 466 g/mol. The second-order valence-corrected chi connectivity index (χ2v) is 8.13. The standard InChI is InChI=1S/C10H15FN3O2P.C8H16O3.HNO2/c1-2-6-5-10(11,17)8(16-6)14-4-3-7(12)13-9(14)15;1-6(2)11-8(10)7(3)4-5-9;2-1-3/h3-4,6,8H,2,5,17H2,1H3,(H2,12,13,15);6-7,9H,4-5H2,1-3H3;(H,2,3). The highest BCUT2D eigenvalue weighted by Crippen LogP contribution is 2.46. The predicted octanol–water partition coefficient (Wildman–Crippen LogP) is 2.16. The molecule has 2 rings (SSSR count). The Morgan fingerprint density at radius 2 is 2.13 bits per heavy atom. The lowest BCUT2D eigenvalue weighted by molar-refractivity contribution is -0.152. The van der Waals surface area contributed by atoms with Crippen LogP contribution in [0.3, 0.4) is 0 Å². The van der Waals surface area contributed by atoms with Crippen molar-refractivity contribution in [3.63, 3.8) is 0 Å². The largest absolute Gasteiger partial charge is 0.463 e. The monoisotopic (exact) mass is 466 g/mol. The Morgan fingerprint density at radius 3 is 2.55 bits per heavy atom. The summed E-state index contributed by atoms with van der Waals surface area (Å²) >= 11 is 0. The van der Waals surface area contributed by atoms with E-state index in [2.05, 4.69) is 14.2 Å². The van der Waals surface area contributed by atoms with Crippen LogP contribution in [0.4, 0.5) is 10.2 Å². The number of anilines is 1. The number of ether oxygens (including phenoxy) is 2. The fraction of sp³-hybridized carbons (Fsp3) is 0.722. The van der Waals surface area contributed by atoms with Crippen LogP contribution in [-0.4, -0.2) is 50.1 Å². The van der Waals surface area contributed by atoms with Gasteiger partial charge in [-0.3, -0.25) is 9.36 Å². The molecule has 0 amide bonds. The Hall–Kier alpha value is -2.17. The second-order valence-electron chi connectivity index (χ2n) is 7.17. The molecule has 1 aliphatic heterocycles. The highest BCUT2D eigenvalue weighted by Gasteiger charge is 2.46. The van der Waals surface area contributed by atoms with E-state index in [0.29, 0.717) is 12.8 Å². The van der Waals surface area contributed by atoms with E-state index in [9.17, 15) is 14.0 Å². The van der Waals surface area contributed by atoms with Gasteiger partial charge in [0.2, 0.25) is 0 Å². The molecule has 1 saturated heterocycles. The lowest BCUT2D eigenvalue weighted by Crippen LogP contribution is -2.34. The molecule has 13 heteroatoms. The number of nitrogens with zero attached hydrogens (tertiary/aromatic N) is 3. The highest BCUT2D eigenvalue weighted by molar-refractivity contribution is 7.18. The maximum Gasteiger partial charge on any atom is 0.351 e. The van der Waals surface area contributed by atoms with Gasteiger partial charge in [-0.25, -0.2) is 9.18 Å². The smallest absolute Gasteiger partial charge is 0.351 e. The fourth-order valence-electron chi connectivity index (χ4n) is 2.59. The molecule has 1 aromatic heterocycles. The van der Waals surface area contributed by atoms with E-state index in [1.807, 2.05) is 20.8 Å². The molecule has 0 bridgehead atoms. The van der Waals surface area contributed by atoms with Crippen molar-refractivity contribution in [2.45, 2.75) is 70.8 Å². The molecule has 0 aliphatic carbocycles. The van der Waals surface area contributed by atoms with Gasteiger partial charge in [-0.15, -0.1) is 4.91 Å². The lowest BCUT2D eigenvalue weighted by atomic mass is 10.1. The fourth-order valence-corrected chi connectivity index (χ4v) is 3.10. The molecule has 2 heterocycles. The summed E-state index contributed by atoms with van der Waals surface area (Å²) in [6.07, 6.45) is 1.62. The summed E-state index contributed by atoms with van der Waals surface area (Å²) in [6, 6.07) is 1.45. The second kappa shape index (κ2) is 14.0. The van der Waals surface area contributed by atoms with E-state index in [1.54, 1.807) is 6.92 Å². The van der Waals surface area contributed by atoms with Crippen molar-refractivity contribution in [2.24, 2.45) is 11.3 Å². The predicted molar refractivity (Wildman–Crippen MR) is 115 cm³/mol. The zero-order valence-electron chi connectivity index (χ0n) is 18.1. The number of aliphatic hydroxyl groups excluding tert-OH is 1. The van der Waals surface area contributed by atoms with Crippen molar-refractivity contribution in [1.29, 1.82) is 0 Å². The zero-order valence-corrected chi connectivity index (χ0v) is 19.3. The van der Waals surface area contributed by atoms with Gasteiger partial charge < -0.3 is 25.5 Å². The van der Waals surface area contributed by atoms with E-state index in [1.165, 1.54) is 17.6 Å². The molecule has 5 unspecified atom stereocenters. The van der Waals surface area contributed by atoms with Gasteiger partial charge in [0, 0.05) is 19.2 Å². The quantitative estimate of drug-likeness (QED) is 0.246. The number of carbonyl (C=O) groups excluding carboxylic acids is 1. The summed E-state index contributed by atoms with van der Waals surface area (Å²) in [5, 5.41) is 14.8. The van der Waals surface area contributed by atoms with Gasteiger partial charge in [0.05, 0.1) is 18.1 Å². The highest BCUT2D eigenvalue weighted by atomic mass is 31.0. The third-order valence-electron chi connectivity index (χ3n) is 4.15. The number of nitrogen functional groups attached to an aromatic ring is 1. The van der Waals surface area contributed by atoms with Crippen molar-refractivity contribution >= 4 is 21.0 Å². The van der Waals surface area contributed by atoms with Crippen LogP contribution in [-0.2, 0) is 14.3 Å². The molecule has 1 fully saturated rings. The Labute approximate surface area is 182 Å². The first-order valence-electron chi connectivity index (χ1n) is 9.69. The number of aliphatic hydroxyl groups is 1. The molecular weight excluding hydrogens is 434 g/mol. The van der Waals surface area contributed by atoms with Gasteiger partial charge in [-0.2, -0.15) is 4.98 Å². The first-order chi connectivity index (χ1) is 14.4. The number of hydrogen-bond donors (Lipinski definition) is 3. The van der Waals surface area contributed by atoms with Crippen LogP contribution in [0.1, 0.15) is 53.2 Å². The summed E-state index contributed by atoms with van der Waals surface area (Å²) in [5.74, 6) is -0.305. The van der Waals surface area contributed by atoms with Crippen LogP contribution >= 0.6 is 9.24 Å². The molecule has 0 aromatic carbocycles. The average Bonchev–Trinajstić information content (AvgIpc) is 2.97. The first-order valence-corrected chi connectivity index (χ1v) is 10.3. The van der Waals surface area contributed by atoms with Crippen molar-refractivity contribution in [2.75, 3.05) is 12.3 Å². The lowest BCUT2D eigenvalue weighted by Gasteiger charge is -2.22. The number of nitrogens with two attached hydrogens (primary N) is 1. The van der Waals surface area contributed by atoms with Gasteiger partial charge in [-0.05, 0) is 32.8 Å². The van der Waals surface area contributed by atoms with Crippen molar-refractivity contribution in [3.05, 3.63) is 27.7 Å². The Morgan fingerprint density at radius 1 is 1.55 bits per heavy atom. The molecule has 4 N–H and O–H groups in total. The molecule has 31 heavy (non-hydrogen) atoms. The first kappa shape index (κ1) is 28.8. The SMILES string of the molecule is CC(C)OC(=O)C(C)CCO.CCC1CC(F)(P)C(n2ccc(N)nc2=O)O1.O=NO. The number of alkyl halides is 1. The van der Waals surface area contributed by atoms with Gasteiger partial charge in [0.25, 0.3) is 0 Å². The molecule has 0 radical (unpaired) electrons. The zero-order chi connectivity index (χ0) is 24.2. The van der Waals surface area contributed by atoms with Gasteiger partial charge in [-0.1, -0.05) is 23.1 Å². The minimum atomic E-state index is -1.65. The van der Waals surface area contributed by atoms with E-state index in [-0.39, 0.29) is 42.9 Å². The number of carbonyl (C=O) groups is 1. The Kier molecular flexibility index (Phi) is 13.0. The molecule has 0 saturated carbocycles. The van der Waals surface area contributed by atoms with E-state index >= 15 is 0 Å². The van der Waals surface area contributed by atoms with Crippen molar-refractivity contribution < 1.29 is 29.0 Å².